The van der Waals surface area contributed by atoms with Crippen LogP contribution in [-0.2, 0) is 0 Å². The summed E-state index contributed by atoms with van der Waals surface area (Å²) in [6, 6.07) is 7.50. The van der Waals surface area contributed by atoms with E-state index in [9.17, 15) is 0 Å². The molecule has 0 amide bonds. The molecule has 1 fully saturated rings. The SMILES string of the molecule is CCCNC1CCN(c2cc(C)ccc2Cl)C(C)C1. The topological polar surface area (TPSA) is 15.3 Å². The second-order valence-corrected chi connectivity index (χ2v) is 6.08. The Balaban J connectivity index is 2.05. The van der Waals surface area contributed by atoms with Crippen LogP contribution in [0.3, 0.4) is 0 Å². The summed E-state index contributed by atoms with van der Waals surface area (Å²) in [6.07, 6.45) is 3.61. The van der Waals surface area contributed by atoms with Gasteiger partial charge in [0.2, 0.25) is 0 Å². The fourth-order valence-corrected chi connectivity index (χ4v) is 3.13. The van der Waals surface area contributed by atoms with E-state index < -0.39 is 0 Å². The number of anilines is 1. The minimum absolute atomic E-state index is 0.544. The van der Waals surface area contributed by atoms with Crippen LogP contribution in [-0.4, -0.2) is 25.2 Å². The largest absolute Gasteiger partial charge is 0.367 e. The lowest BCUT2D eigenvalue weighted by Crippen LogP contribution is -2.47. The van der Waals surface area contributed by atoms with Gasteiger partial charge in [0.1, 0.15) is 0 Å². The van der Waals surface area contributed by atoms with Gasteiger partial charge in [0.05, 0.1) is 10.7 Å². The van der Waals surface area contributed by atoms with Crippen molar-refractivity contribution in [1.29, 1.82) is 0 Å². The molecule has 19 heavy (non-hydrogen) atoms. The zero-order valence-electron chi connectivity index (χ0n) is 12.2. The number of halogens is 1. The van der Waals surface area contributed by atoms with Gasteiger partial charge >= 0.3 is 0 Å². The number of nitrogens with one attached hydrogen (secondary N) is 1. The maximum atomic E-state index is 6.36. The molecule has 0 aliphatic carbocycles. The van der Waals surface area contributed by atoms with Crippen molar-refractivity contribution in [2.75, 3.05) is 18.0 Å². The lowest BCUT2D eigenvalue weighted by Gasteiger charge is -2.40. The quantitative estimate of drug-likeness (QED) is 0.897. The molecule has 0 radical (unpaired) electrons. The van der Waals surface area contributed by atoms with Crippen LogP contribution in [0.15, 0.2) is 18.2 Å². The average Bonchev–Trinajstić information content (AvgIpc) is 2.40. The molecule has 1 aliphatic rings. The molecular formula is C16H25ClN2. The van der Waals surface area contributed by atoms with Crippen molar-refractivity contribution in [3.05, 3.63) is 28.8 Å². The van der Waals surface area contributed by atoms with Crippen molar-refractivity contribution in [1.82, 2.24) is 5.32 Å². The van der Waals surface area contributed by atoms with Gasteiger partial charge in [-0.25, -0.2) is 0 Å². The fourth-order valence-electron chi connectivity index (χ4n) is 2.91. The molecule has 0 aromatic heterocycles. The monoisotopic (exact) mass is 280 g/mol. The summed E-state index contributed by atoms with van der Waals surface area (Å²) < 4.78 is 0. The molecule has 3 heteroatoms. The summed E-state index contributed by atoms with van der Waals surface area (Å²) in [5, 5.41) is 4.51. The number of benzene rings is 1. The molecule has 2 rings (SSSR count). The molecule has 1 heterocycles. The average molecular weight is 281 g/mol. The highest BCUT2D eigenvalue weighted by Gasteiger charge is 2.26. The Labute approximate surface area is 122 Å². The number of hydrogen-bond donors (Lipinski definition) is 1. The van der Waals surface area contributed by atoms with Gasteiger partial charge in [0.25, 0.3) is 0 Å². The van der Waals surface area contributed by atoms with Gasteiger partial charge < -0.3 is 10.2 Å². The maximum Gasteiger partial charge on any atom is 0.0639 e. The van der Waals surface area contributed by atoms with Gasteiger partial charge in [-0.1, -0.05) is 24.6 Å². The van der Waals surface area contributed by atoms with Crippen LogP contribution in [0.5, 0.6) is 0 Å². The Morgan fingerprint density at radius 2 is 2.21 bits per heavy atom. The van der Waals surface area contributed by atoms with E-state index in [-0.39, 0.29) is 0 Å². The van der Waals surface area contributed by atoms with E-state index in [1.54, 1.807) is 0 Å². The van der Waals surface area contributed by atoms with E-state index >= 15 is 0 Å². The van der Waals surface area contributed by atoms with Gasteiger partial charge in [0, 0.05) is 18.6 Å². The predicted molar refractivity (Wildman–Crippen MR) is 84.3 cm³/mol. The molecule has 1 N–H and O–H groups in total. The van der Waals surface area contributed by atoms with Crippen LogP contribution in [0, 0.1) is 6.92 Å². The summed E-state index contributed by atoms with van der Waals surface area (Å²) >= 11 is 6.36. The number of aryl methyl sites for hydroxylation is 1. The minimum atomic E-state index is 0.544. The van der Waals surface area contributed by atoms with Gasteiger partial charge in [-0.05, 0) is 57.4 Å². The van der Waals surface area contributed by atoms with E-state index in [1.807, 2.05) is 6.07 Å². The Morgan fingerprint density at radius 3 is 2.89 bits per heavy atom. The van der Waals surface area contributed by atoms with Crippen LogP contribution in [0.4, 0.5) is 5.69 Å². The maximum absolute atomic E-state index is 6.36. The molecule has 2 nitrogen and oxygen atoms in total. The summed E-state index contributed by atoms with van der Waals surface area (Å²) in [7, 11) is 0. The Bertz CT molecular complexity index is 419. The molecule has 2 atom stereocenters. The first-order valence-electron chi connectivity index (χ1n) is 7.38. The number of piperidine rings is 1. The lowest BCUT2D eigenvalue weighted by atomic mass is 9.97. The highest BCUT2D eigenvalue weighted by atomic mass is 35.5. The summed E-state index contributed by atoms with van der Waals surface area (Å²) in [5.41, 5.74) is 2.47. The van der Waals surface area contributed by atoms with E-state index in [0.29, 0.717) is 12.1 Å². The molecule has 0 spiro atoms. The lowest BCUT2D eigenvalue weighted by molar-refractivity contribution is 0.369. The number of hydrogen-bond acceptors (Lipinski definition) is 2. The number of rotatable bonds is 4. The first kappa shape index (κ1) is 14.7. The molecular weight excluding hydrogens is 256 g/mol. The minimum Gasteiger partial charge on any atom is -0.367 e. The van der Waals surface area contributed by atoms with Crippen molar-refractivity contribution in [3.8, 4) is 0 Å². The third-order valence-corrected chi connectivity index (χ3v) is 4.29. The smallest absolute Gasteiger partial charge is 0.0639 e. The summed E-state index contributed by atoms with van der Waals surface area (Å²) in [4.78, 5) is 2.46. The van der Waals surface area contributed by atoms with Crippen LogP contribution < -0.4 is 10.2 Å². The molecule has 2 unspecified atom stereocenters. The first-order valence-corrected chi connectivity index (χ1v) is 7.75. The first-order chi connectivity index (χ1) is 9.11. The molecule has 0 saturated carbocycles. The molecule has 1 saturated heterocycles. The van der Waals surface area contributed by atoms with Crippen molar-refractivity contribution in [2.24, 2.45) is 0 Å². The normalized spacial score (nSPS) is 23.7. The van der Waals surface area contributed by atoms with E-state index in [1.165, 1.54) is 30.5 Å². The van der Waals surface area contributed by atoms with Crippen LogP contribution in [0.2, 0.25) is 5.02 Å². The standard InChI is InChI=1S/C16H25ClN2/c1-4-8-18-14-7-9-19(13(3)11-14)16-10-12(2)5-6-15(16)17/h5-6,10,13-14,18H,4,7-9,11H2,1-3H3. The van der Waals surface area contributed by atoms with Crippen LogP contribution in [0.1, 0.15) is 38.7 Å². The Hall–Kier alpha value is -0.730. The Morgan fingerprint density at radius 1 is 1.42 bits per heavy atom. The van der Waals surface area contributed by atoms with E-state index in [4.69, 9.17) is 11.6 Å². The summed E-state index contributed by atoms with van der Waals surface area (Å²) in [6.45, 7) is 8.87. The van der Waals surface area contributed by atoms with E-state index in [2.05, 4.69) is 43.1 Å². The fraction of sp³-hybridized carbons (Fsp3) is 0.625. The second kappa shape index (κ2) is 6.62. The zero-order chi connectivity index (χ0) is 13.8. The van der Waals surface area contributed by atoms with Gasteiger partial charge in [-0.2, -0.15) is 0 Å². The van der Waals surface area contributed by atoms with Gasteiger partial charge in [-0.3, -0.25) is 0 Å². The van der Waals surface area contributed by atoms with Gasteiger partial charge in [-0.15, -0.1) is 0 Å². The highest BCUT2D eigenvalue weighted by molar-refractivity contribution is 6.33. The third kappa shape index (κ3) is 3.64. The highest BCUT2D eigenvalue weighted by Crippen LogP contribution is 2.31. The molecule has 1 aliphatic heterocycles. The second-order valence-electron chi connectivity index (χ2n) is 5.67. The molecule has 1 aromatic carbocycles. The van der Waals surface area contributed by atoms with Crippen molar-refractivity contribution in [2.45, 2.75) is 52.1 Å². The van der Waals surface area contributed by atoms with Crippen molar-refractivity contribution >= 4 is 17.3 Å². The van der Waals surface area contributed by atoms with Crippen LogP contribution in [0.25, 0.3) is 0 Å². The zero-order valence-corrected chi connectivity index (χ0v) is 13.0. The van der Waals surface area contributed by atoms with Crippen molar-refractivity contribution in [3.63, 3.8) is 0 Å². The van der Waals surface area contributed by atoms with Gasteiger partial charge in [0.15, 0.2) is 0 Å². The predicted octanol–water partition coefficient (Wildman–Crippen LogP) is 4.01. The molecule has 1 aromatic rings. The molecule has 106 valence electrons. The third-order valence-electron chi connectivity index (χ3n) is 3.97. The summed E-state index contributed by atoms with van der Waals surface area (Å²) in [5.74, 6) is 0. The number of nitrogens with zero attached hydrogens (tertiary/aromatic N) is 1. The molecule has 0 bridgehead atoms. The van der Waals surface area contributed by atoms with Crippen LogP contribution >= 0.6 is 11.6 Å². The van der Waals surface area contributed by atoms with Crippen molar-refractivity contribution < 1.29 is 0 Å². The van der Waals surface area contributed by atoms with E-state index in [0.717, 1.165) is 18.1 Å². The Kier molecular flexibility index (Phi) is 5.12.